The maximum absolute atomic E-state index is 11.9. The number of fused-ring (bicyclic) bond motifs is 1. The number of nitrogens with one attached hydrogen (secondary N) is 2. The second-order valence-electron chi connectivity index (χ2n) is 5.91. The van der Waals surface area contributed by atoms with E-state index in [4.69, 9.17) is 4.42 Å². The van der Waals surface area contributed by atoms with E-state index in [1.807, 2.05) is 38.1 Å². The number of amides is 1. The molecule has 3 heterocycles. The highest BCUT2D eigenvalue weighted by Gasteiger charge is 2.11. The molecule has 1 atom stereocenters. The molecule has 0 bridgehead atoms. The molecule has 8 heteroatoms. The van der Waals surface area contributed by atoms with Crippen LogP contribution >= 0.6 is 0 Å². The summed E-state index contributed by atoms with van der Waals surface area (Å²) in [6, 6.07) is 7.60. The number of rotatable bonds is 8. The SMILES string of the molecule is CCC(C)NC(=O)CCc1nnc2ccc(NCc3ccco3)nn12. The Kier molecular flexibility index (Phi) is 5.27. The van der Waals surface area contributed by atoms with Crippen LogP contribution in [-0.2, 0) is 17.8 Å². The fourth-order valence-electron chi connectivity index (χ4n) is 2.35. The van der Waals surface area contributed by atoms with Crippen LogP contribution in [0.25, 0.3) is 5.65 Å². The molecule has 0 aliphatic carbocycles. The Bertz CT molecular complexity index is 827. The zero-order chi connectivity index (χ0) is 17.6. The van der Waals surface area contributed by atoms with Crippen molar-refractivity contribution < 1.29 is 9.21 Å². The molecule has 0 aliphatic rings. The Morgan fingerprint density at radius 2 is 2.20 bits per heavy atom. The number of aromatic nitrogens is 4. The van der Waals surface area contributed by atoms with Crippen molar-refractivity contribution in [3.05, 3.63) is 42.1 Å². The third kappa shape index (κ3) is 4.34. The number of anilines is 1. The van der Waals surface area contributed by atoms with Crippen LogP contribution in [0.15, 0.2) is 34.9 Å². The van der Waals surface area contributed by atoms with E-state index in [-0.39, 0.29) is 11.9 Å². The number of nitrogens with zero attached hydrogens (tertiary/aromatic N) is 4. The molecule has 3 aromatic rings. The van der Waals surface area contributed by atoms with Gasteiger partial charge in [-0.1, -0.05) is 6.92 Å². The van der Waals surface area contributed by atoms with Crippen LogP contribution in [0.4, 0.5) is 5.82 Å². The lowest BCUT2D eigenvalue weighted by molar-refractivity contribution is -0.121. The van der Waals surface area contributed by atoms with Crippen molar-refractivity contribution in [2.45, 2.75) is 45.7 Å². The van der Waals surface area contributed by atoms with Crippen LogP contribution in [0.5, 0.6) is 0 Å². The zero-order valence-corrected chi connectivity index (χ0v) is 14.4. The summed E-state index contributed by atoms with van der Waals surface area (Å²) in [7, 11) is 0. The molecule has 132 valence electrons. The van der Waals surface area contributed by atoms with Crippen molar-refractivity contribution in [1.82, 2.24) is 25.1 Å². The molecule has 2 N–H and O–H groups in total. The van der Waals surface area contributed by atoms with Gasteiger partial charge in [0.1, 0.15) is 11.6 Å². The van der Waals surface area contributed by atoms with E-state index >= 15 is 0 Å². The third-order valence-electron chi connectivity index (χ3n) is 3.95. The van der Waals surface area contributed by atoms with Gasteiger partial charge >= 0.3 is 0 Å². The molecule has 3 rings (SSSR count). The van der Waals surface area contributed by atoms with Crippen LogP contribution in [0.3, 0.4) is 0 Å². The predicted molar refractivity (Wildman–Crippen MR) is 93.0 cm³/mol. The van der Waals surface area contributed by atoms with Crippen LogP contribution in [0.1, 0.15) is 38.3 Å². The number of aryl methyl sites for hydroxylation is 1. The first-order valence-corrected chi connectivity index (χ1v) is 8.42. The summed E-state index contributed by atoms with van der Waals surface area (Å²) in [5.41, 5.74) is 0.654. The normalized spacial score (nSPS) is 12.2. The monoisotopic (exact) mass is 342 g/mol. The minimum Gasteiger partial charge on any atom is -0.467 e. The molecule has 1 unspecified atom stereocenters. The molecule has 0 radical (unpaired) electrons. The Morgan fingerprint density at radius 1 is 1.32 bits per heavy atom. The highest BCUT2D eigenvalue weighted by atomic mass is 16.3. The molecular formula is C17H22N6O2. The van der Waals surface area contributed by atoms with Crippen LogP contribution < -0.4 is 10.6 Å². The van der Waals surface area contributed by atoms with E-state index in [0.29, 0.717) is 36.7 Å². The lowest BCUT2D eigenvalue weighted by Gasteiger charge is -2.10. The summed E-state index contributed by atoms with van der Waals surface area (Å²) in [6.45, 7) is 4.57. The smallest absolute Gasteiger partial charge is 0.220 e. The maximum atomic E-state index is 11.9. The van der Waals surface area contributed by atoms with Crippen molar-refractivity contribution in [1.29, 1.82) is 0 Å². The van der Waals surface area contributed by atoms with E-state index in [1.165, 1.54) is 0 Å². The average Bonchev–Trinajstić information content (AvgIpc) is 3.27. The second-order valence-corrected chi connectivity index (χ2v) is 5.91. The van der Waals surface area contributed by atoms with Crippen molar-refractivity contribution in [2.24, 2.45) is 0 Å². The van der Waals surface area contributed by atoms with Crippen molar-refractivity contribution in [3.8, 4) is 0 Å². The van der Waals surface area contributed by atoms with Crippen molar-refractivity contribution in [3.63, 3.8) is 0 Å². The molecule has 0 fully saturated rings. The zero-order valence-electron chi connectivity index (χ0n) is 14.4. The first-order valence-electron chi connectivity index (χ1n) is 8.42. The Morgan fingerprint density at radius 3 is 2.96 bits per heavy atom. The van der Waals surface area contributed by atoms with Gasteiger partial charge < -0.3 is 15.1 Å². The van der Waals surface area contributed by atoms with Crippen LogP contribution in [0.2, 0.25) is 0 Å². The number of furan rings is 1. The summed E-state index contributed by atoms with van der Waals surface area (Å²) in [5, 5.41) is 18.9. The molecule has 25 heavy (non-hydrogen) atoms. The summed E-state index contributed by atoms with van der Waals surface area (Å²) in [4.78, 5) is 11.9. The number of hydrogen-bond acceptors (Lipinski definition) is 6. The molecule has 3 aromatic heterocycles. The molecule has 0 saturated heterocycles. The summed E-state index contributed by atoms with van der Waals surface area (Å²) < 4.78 is 6.96. The van der Waals surface area contributed by atoms with E-state index in [2.05, 4.69) is 25.9 Å². The van der Waals surface area contributed by atoms with Crippen molar-refractivity contribution >= 4 is 17.4 Å². The lowest BCUT2D eigenvalue weighted by Crippen LogP contribution is -2.32. The molecule has 0 aliphatic heterocycles. The fourth-order valence-corrected chi connectivity index (χ4v) is 2.35. The quantitative estimate of drug-likeness (QED) is 0.651. The molecule has 8 nitrogen and oxygen atoms in total. The number of carbonyl (C=O) groups is 1. The molecular weight excluding hydrogens is 320 g/mol. The van der Waals surface area contributed by atoms with Crippen LogP contribution in [-0.4, -0.2) is 31.8 Å². The largest absolute Gasteiger partial charge is 0.467 e. The Labute approximate surface area is 145 Å². The number of carbonyl (C=O) groups excluding carboxylic acids is 1. The second kappa shape index (κ2) is 7.78. The van der Waals surface area contributed by atoms with Gasteiger partial charge in [0.15, 0.2) is 11.5 Å². The standard InChI is InChI=1S/C17H22N6O2/c1-3-12(2)19-17(24)9-8-16-21-20-15-7-6-14(22-23(15)16)18-11-13-5-4-10-25-13/h4-7,10,12H,3,8-9,11H2,1-2H3,(H,18,22)(H,19,24). The number of hydrogen-bond donors (Lipinski definition) is 2. The highest BCUT2D eigenvalue weighted by molar-refractivity contribution is 5.76. The topological polar surface area (TPSA) is 97.3 Å². The molecule has 1 amide bonds. The lowest BCUT2D eigenvalue weighted by atomic mass is 10.2. The Balaban J connectivity index is 1.64. The van der Waals surface area contributed by atoms with Gasteiger partial charge in [-0.05, 0) is 37.6 Å². The summed E-state index contributed by atoms with van der Waals surface area (Å²) in [6.07, 6.45) is 3.39. The highest BCUT2D eigenvalue weighted by Crippen LogP contribution is 2.10. The third-order valence-corrected chi connectivity index (χ3v) is 3.95. The first kappa shape index (κ1) is 16.9. The predicted octanol–water partition coefficient (Wildman–Crippen LogP) is 2.18. The van der Waals surface area contributed by atoms with Gasteiger partial charge in [-0.2, -0.15) is 4.52 Å². The van der Waals surface area contributed by atoms with E-state index in [1.54, 1.807) is 10.8 Å². The summed E-state index contributed by atoms with van der Waals surface area (Å²) >= 11 is 0. The average molecular weight is 342 g/mol. The van der Waals surface area contributed by atoms with Gasteiger partial charge in [-0.25, -0.2) is 0 Å². The molecule has 0 saturated carbocycles. The van der Waals surface area contributed by atoms with E-state index in [9.17, 15) is 4.79 Å². The summed E-state index contributed by atoms with van der Waals surface area (Å²) in [5.74, 6) is 2.19. The van der Waals surface area contributed by atoms with Crippen LogP contribution in [0, 0.1) is 0 Å². The fraction of sp³-hybridized carbons (Fsp3) is 0.412. The van der Waals surface area contributed by atoms with Gasteiger partial charge in [-0.3, -0.25) is 4.79 Å². The van der Waals surface area contributed by atoms with Gasteiger partial charge in [0.2, 0.25) is 5.91 Å². The first-order chi connectivity index (χ1) is 12.2. The minimum absolute atomic E-state index is 0.0122. The molecule has 0 aromatic carbocycles. The maximum Gasteiger partial charge on any atom is 0.220 e. The van der Waals surface area contributed by atoms with Gasteiger partial charge in [-0.15, -0.1) is 15.3 Å². The minimum atomic E-state index is 0.0122. The molecule has 0 spiro atoms. The van der Waals surface area contributed by atoms with Crippen molar-refractivity contribution in [2.75, 3.05) is 5.32 Å². The van der Waals surface area contributed by atoms with Gasteiger partial charge in [0, 0.05) is 18.9 Å². The van der Waals surface area contributed by atoms with E-state index in [0.717, 1.165) is 12.2 Å². The van der Waals surface area contributed by atoms with Gasteiger partial charge in [0.05, 0.1) is 12.8 Å². The van der Waals surface area contributed by atoms with Gasteiger partial charge in [0.25, 0.3) is 0 Å². The van der Waals surface area contributed by atoms with E-state index < -0.39 is 0 Å². The Hall–Kier alpha value is -2.90.